The van der Waals surface area contributed by atoms with Crippen LogP contribution in [0.25, 0.3) is 0 Å². The molecule has 0 aliphatic rings. The number of Topliss-reactive ketones (excluding diaryl/α,β-unsaturated/α-hetero) is 1. The van der Waals surface area contributed by atoms with Crippen LogP contribution in [-0.4, -0.2) is 46.5 Å². The van der Waals surface area contributed by atoms with Crippen molar-refractivity contribution in [2.75, 3.05) is 19.0 Å². The molecule has 0 bridgehead atoms. The van der Waals surface area contributed by atoms with Gasteiger partial charge in [0, 0.05) is 51.1 Å². The minimum atomic E-state index is -4.82. The standard InChI is InChI=1S/C25H27F3N4O5S/c1-36-13-5-8-20(33)24-31-30-22(38-24)9-2-3-11-32-12-10-18(16-23(32)35)29-21(34)15-17-6-4-7-19(14-17)37-25(26,27)28/h4,6-7,10,12,14,16H,2-3,5,8-9,11,13,15H2,1H3,(H,29,34). The number of aromatic nitrogens is 3. The van der Waals surface area contributed by atoms with Gasteiger partial charge in [0.15, 0.2) is 10.8 Å². The first-order chi connectivity index (χ1) is 18.1. The summed E-state index contributed by atoms with van der Waals surface area (Å²) in [6, 6.07) is 8.01. The van der Waals surface area contributed by atoms with Gasteiger partial charge in [0.05, 0.1) is 6.42 Å². The number of amides is 1. The molecule has 0 saturated carbocycles. The number of ether oxygens (including phenoxy) is 2. The number of nitrogens with one attached hydrogen (secondary N) is 1. The summed E-state index contributed by atoms with van der Waals surface area (Å²) >= 11 is 1.28. The van der Waals surface area contributed by atoms with Crippen LogP contribution in [0.5, 0.6) is 5.75 Å². The van der Waals surface area contributed by atoms with Crippen LogP contribution in [0.15, 0.2) is 47.4 Å². The first-order valence-corrected chi connectivity index (χ1v) is 12.6. The van der Waals surface area contributed by atoms with Gasteiger partial charge >= 0.3 is 6.36 Å². The van der Waals surface area contributed by atoms with Crippen LogP contribution in [0.4, 0.5) is 18.9 Å². The smallest absolute Gasteiger partial charge is 0.406 e. The highest BCUT2D eigenvalue weighted by Gasteiger charge is 2.31. The van der Waals surface area contributed by atoms with Gasteiger partial charge in [-0.3, -0.25) is 14.4 Å². The van der Waals surface area contributed by atoms with E-state index in [1.807, 2.05) is 0 Å². The van der Waals surface area contributed by atoms with Crippen LogP contribution in [-0.2, 0) is 28.9 Å². The van der Waals surface area contributed by atoms with Crippen LogP contribution in [0.1, 0.15) is 46.1 Å². The summed E-state index contributed by atoms with van der Waals surface area (Å²) in [7, 11) is 1.58. The second kappa shape index (κ2) is 13.8. The number of alkyl halides is 3. The maximum absolute atomic E-state index is 12.4. The van der Waals surface area contributed by atoms with Crippen molar-refractivity contribution in [1.29, 1.82) is 0 Å². The van der Waals surface area contributed by atoms with Crippen LogP contribution >= 0.6 is 11.3 Å². The number of halogens is 3. The number of aryl methyl sites for hydroxylation is 2. The van der Waals surface area contributed by atoms with E-state index in [0.29, 0.717) is 49.4 Å². The van der Waals surface area contributed by atoms with Gasteiger partial charge in [-0.25, -0.2) is 0 Å². The Morgan fingerprint density at radius 1 is 1.11 bits per heavy atom. The van der Waals surface area contributed by atoms with E-state index in [4.69, 9.17) is 4.74 Å². The fraction of sp³-hybridized carbons (Fsp3) is 0.400. The van der Waals surface area contributed by atoms with Gasteiger partial charge in [0.2, 0.25) is 5.91 Å². The van der Waals surface area contributed by atoms with Crippen LogP contribution in [0.3, 0.4) is 0 Å². The van der Waals surface area contributed by atoms with Crippen molar-refractivity contribution < 1.29 is 32.2 Å². The van der Waals surface area contributed by atoms with Crippen LogP contribution in [0.2, 0.25) is 0 Å². The zero-order valence-corrected chi connectivity index (χ0v) is 21.4. The lowest BCUT2D eigenvalue weighted by Gasteiger charge is -2.11. The normalized spacial score (nSPS) is 11.4. The molecular weight excluding hydrogens is 525 g/mol. The predicted molar refractivity (Wildman–Crippen MR) is 134 cm³/mol. The van der Waals surface area contributed by atoms with Gasteiger partial charge < -0.3 is 19.4 Å². The molecule has 2 aromatic heterocycles. The largest absolute Gasteiger partial charge is 0.573 e. The molecule has 0 radical (unpaired) electrons. The highest BCUT2D eigenvalue weighted by molar-refractivity contribution is 7.13. The zero-order chi connectivity index (χ0) is 27.5. The second-order valence-electron chi connectivity index (χ2n) is 8.34. The molecular formula is C25H27F3N4O5S. The number of hydrogen-bond acceptors (Lipinski definition) is 8. The number of anilines is 1. The van der Waals surface area contributed by atoms with E-state index in [0.717, 1.165) is 23.6 Å². The molecule has 0 saturated heterocycles. The third kappa shape index (κ3) is 9.71. The molecule has 204 valence electrons. The number of hydrogen-bond donors (Lipinski definition) is 1. The molecule has 0 atom stereocenters. The Hall–Kier alpha value is -3.58. The lowest BCUT2D eigenvalue weighted by molar-refractivity contribution is -0.274. The maximum atomic E-state index is 12.4. The van der Waals surface area contributed by atoms with E-state index >= 15 is 0 Å². The average molecular weight is 553 g/mol. The Morgan fingerprint density at radius 3 is 2.66 bits per heavy atom. The number of unbranched alkanes of at least 4 members (excludes halogenated alkanes) is 1. The summed E-state index contributed by atoms with van der Waals surface area (Å²) in [6.07, 6.45) is -0.366. The molecule has 2 heterocycles. The first kappa shape index (κ1) is 29.0. The van der Waals surface area contributed by atoms with Gasteiger partial charge in [-0.2, -0.15) is 0 Å². The van der Waals surface area contributed by atoms with Gasteiger partial charge in [-0.15, -0.1) is 23.4 Å². The molecule has 38 heavy (non-hydrogen) atoms. The van der Waals surface area contributed by atoms with Gasteiger partial charge in [-0.05, 0) is 43.0 Å². The summed E-state index contributed by atoms with van der Waals surface area (Å²) in [5.41, 5.74) is 0.314. The number of carbonyl (C=O) groups is 2. The maximum Gasteiger partial charge on any atom is 0.573 e. The van der Waals surface area contributed by atoms with Crippen molar-refractivity contribution in [3.05, 3.63) is 68.5 Å². The number of methoxy groups -OCH3 is 1. The van der Waals surface area contributed by atoms with Crippen molar-refractivity contribution in [1.82, 2.24) is 14.8 Å². The lowest BCUT2D eigenvalue weighted by Crippen LogP contribution is -2.21. The number of ketones is 1. The molecule has 13 heteroatoms. The molecule has 0 aliphatic carbocycles. The molecule has 3 rings (SSSR count). The van der Waals surface area contributed by atoms with E-state index in [1.165, 1.54) is 34.1 Å². The summed E-state index contributed by atoms with van der Waals surface area (Å²) in [6.45, 7) is 0.976. The Labute approximate surface area is 220 Å². The number of rotatable bonds is 14. The third-order valence-electron chi connectivity index (χ3n) is 5.27. The van der Waals surface area contributed by atoms with E-state index in [-0.39, 0.29) is 23.5 Å². The van der Waals surface area contributed by atoms with E-state index in [1.54, 1.807) is 19.4 Å². The van der Waals surface area contributed by atoms with E-state index < -0.39 is 18.0 Å². The molecule has 9 nitrogen and oxygen atoms in total. The van der Waals surface area contributed by atoms with Gasteiger partial charge in [0.25, 0.3) is 5.56 Å². The van der Waals surface area contributed by atoms with E-state index in [9.17, 15) is 27.6 Å². The highest BCUT2D eigenvalue weighted by atomic mass is 32.1. The molecule has 1 amide bonds. The summed E-state index contributed by atoms with van der Waals surface area (Å²) in [5.74, 6) is -0.947. The fourth-order valence-electron chi connectivity index (χ4n) is 3.52. The number of nitrogens with zero attached hydrogens (tertiary/aromatic N) is 3. The number of carbonyl (C=O) groups excluding carboxylic acids is 2. The van der Waals surface area contributed by atoms with Crippen molar-refractivity contribution >= 4 is 28.7 Å². The number of benzene rings is 1. The molecule has 0 spiro atoms. The minimum Gasteiger partial charge on any atom is -0.406 e. The lowest BCUT2D eigenvalue weighted by atomic mass is 10.1. The Kier molecular flexibility index (Phi) is 10.5. The predicted octanol–water partition coefficient (Wildman–Crippen LogP) is 4.41. The molecule has 1 N–H and O–H groups in total. The Balaban J connectivity index is 1.44. The van der Waals surface area contributed by atoms with Crippen molar-refractivity contribution in [3.63, 3.8) is 0 Å². The van der Waals surface area contributed by atoms with Gasteiger partial charge in [0.1, 0.15) is 10.8 Å². The minimum absolute atomic E-state index is 0.0477. The molecule has 3 aromatic rings. The molecule has 0 fully saturated rings. The summed E-state index contributed by atoms with van der Waals surface area (Å²) in [5, 5.41) is 11.8. The molecule has 1 aromatic carbocycles. The summed E-state index contributed by atoms with van der Waals surface area (Å²) in [4.78, 5) is 36.8. The first-order valence-electron chi connectivity index (χ1n) is 11.8. The average Bonchev–Trinajstić information content (AvgIpc) is 3.31. The van der Waals surface area contributed by atoms with Crippen molar-refractivity contribution in [2.24, 2.45) is 0 Å². The monoisotopic (exact) mass is 552 g/mol. The Bertz CT molecular complexity index is 1290. The number of pyridine rings is 1. The quantitative estimate of drug-likeness (QED) is 0.233. The van der Waals surface area contributed by atoms with E-state index in [2.05, 4.69) is 20.3 Å². The third-order valence-corrected chi connectivity index (χ3v) is 6.30. The zero-order valence-electron chi connectivity index (χ0n) is 20.6. The molecule has 0 aliphatic heterocycles. The SMILES string of the molecule is COCCCC(=O)c1nnc(CCCCn2ccc(NC(=O)Cc3cccc(OC(F)(F)F)c3)cc2=O)s1. The van der Waals surface area contributed by atoms with Crippen LogP contribution in [0, 0.1) is 0 Å². The Morgan fingerprint density at radius 2 is 1.92 bits per heavy atom. The van der Waals surface area contributed by atoms with Crippen molar-refractivity contribution in [3.8, 4) is 5.75 Å². The molecule has 0 unspecified atom stereocenters. The highest BCUT2D eigenvalue weighted by Crippen LogP contribution is 2.23. The fourth-order valence-corrected chi connectivity index (χ4v) is 4.37. The van der Waals surface area contributed by atoms with Gasteiger partial charge in [-0.1, -0.05) is 23.5 Å². The summed E-state index contributed by atoms with van der Waals surface area (Å²) < 4.78 is 47.5. The van der Waals surface area contributed by atoms with Crippen molar-refractivity contribution in [2.45, 2.75) is 51.4 Å². The topological polar surface area (TPSA) is 112 Å². The van der Waals surface area contributed by atoms with Crippen LogP contribution < -0.4 is 15.6 Å². The second-order valence-corrected chi connectivity index (χ2v) is 9.41.